The summed E-state index contributed by atoms with van der Waals surface area (Å²) < 4.78 is 38.0. The Labute approximate surface area is 107 Å². The molecule has 0 aliphatic carbocycles. The van der Waals surface area contributed by atoms with E-state index in [1.54, 1.807) is 13.0 Å². The number of nitriles is 1. The first kappa shape index (κ1) is 13.0. The molecule has 0 radical (unpaired) electrons. The Hall–Kier alpha value is -2.42. The molecule has 0 unspecified atom stereocenters. The summed E-state index contributed by atoms with van der Waals surface area (Å²) in [6, 6.07) is 5.24. The van der Waals surface area contributed by atoms with Gasteiger partial charge in [-0.3, -0.25) is 0 Å². The molecule has 6 heteroatoms. The van der Waals surface area contributed by atoms with Gasteiger partial charge in [-0.05, 0) is 30.2 Å². The maximum absolute atomic E-state index is 12.7. The molecule has 0 N–H and O–H groups in total. The van der Waals surface area contributed by atoms with Crippen LogP contribution in [0, 0.1) is 18.3 Å². The monoisotopic (exact) mass is 263 g/mol. The summed E-state index contributed by atoms with van der Waals surface area (Å²) in [4.78, 5) is 7.51. The maximum Gasteiger partial charge on any atom is 0.416 e. The number of halogens is 3. The van der Waals surface area contributed by atoms with Crippen LogP contribution in [0.5, 0.6) is 0 Å². The summed E-state index contributed by atoms with van der Waals surface area (Å²) in [5.74, 6) is -0.0200. The number of aromatic nitrogens is 2. The highest BCUT2D eigenvalue weighted by Gasteiger charge is 2.30. The van der Waals surface area contributed by atoms with Crippen molar-refractivity contribution in [2.24, 2.45) is 0 Å². The molecule has 1 heterocycles. The zero-order chi connectivity index (χ0) is 14.0. The van der Waals surface area contributed by atoms with Crippen molar-refractivity contribution in [1.29, 1.82) is 5.26 Å². The highest BCUT2D eigenvalue weighted by atomic mass is 19.4. The van der Waals surface area contributed by atoms with Crippen LogP contribution in [-0.4, -0.2) is 9.97 Å². The first-order valence-corrected chi connectivity index (χ1v) is 5.32. The maximum atomic E-state index is 12.7. The third-order valence-electron chi connectivity index (χ3n) is 2.63. The highest BCUT2D eigenvalue weighted by Crippen LogP contribution is 2.33. The van der Waals surface area contributed by atoms with E-state index in [1.807, 2.05) is 0 Å². The van der Waals surface area contributed by atoms with E-state index in [2.05, 4.69) is 9.97 Å². The molecule has 0 bridgehead atoms. The Balaban J connectivity index is 2.52. The lowest BCUT2D eigenvalue weighted by molar-refractivity contribution is -0.137. The SMILES string of the molecule is Cc1ccc(C(F)(F)F)cc1-c1cnc(C#N)nc1. The van der Waals surface area contributed by atoms with Crippen molar-refractivity contribution in [3.05, 3.63) is 47.5 Å². The summed E-state index contributed by atoms with van der Waals surface area (Å²) in [7, 11) is 0. The fraction of sp³-hybridized carbons (Fsp3) is 0.154. The van der Waals surface area contributed by atoms with E-state index < -0.39 is 11.7 Å². The number of aryl methyl sites for hydroxylation is 1. The van der Waals surface area contributed by atoms with Gasteiger partial charge in [-0.2, -0.15) is 18.4 Å². The molecule has 0 atom stereocenters. The van der Waals surface area contributed by atoms with Crippen LogP contribution in [0.15, 0.2) is 30.6 Å². The normalized spacial score (nSPS) is 11.1. The Bertz CT molecular complexity index is 640. The average Bonchev–Trinajstić information content (AvgIpc) is 2.38. The number of alkyl halides is 3. The van der Waals surface area contributed by atoms with Crippen LogP contribution in [0.4, 0.5) is 13.2 Å². The summed E-state index contributed by atoms with van der Waals surface area (Å²) >= 11 is 0. The molecule has 1 aromatic carbocycles. The second-order valence-corrected chi connectivity index (χ2v) is 3.93. The minimum absolute atomic E-state index is 0.0200. The summed E-state index contributed by atoms with van der Waals surface area (Å²) in [5, 5.41) is 8.58. The second-order valence-electron chi connectivity index (χ2n) is 3.93. The number of rotatable bonds is 1. The molecule has 0 aliphatic heterocycles. The van der Waals surface area contributed by atoms with Crippen molar-refractivity contribution >= 4 is 0 Å². The molecule has 3 nitrogen and oxygen atoms in total. The van der Waals surface area contributed by atoms with Crippen LogP contribution in [0.2, 0.25) is 0 Å². The molecule has 2 rings (SSSR count). The molecule has 0 saturated carbocycles. The quantitative estimate of drug-likeness (QED) is 0.792. The molecule has 1 aromatic heterocycles. The third-order valence-corrected chi connectivity index (χ3v) is 2.63. The average molecular weight is 263 g/mol. The minimum atomic E-state index is -4.39. The van der Waals surface area contributed by atoms with E-state index in [0.29, 0.717) is 16.7 Å². The van der Waals surface area contributed by atoms with E-state index in [1.165, 1.54) is 18.5 Å². The van der Waals surface area contributed by atoms with Crippen molar-refractivity contribution < 1.29 is 13.2 Å². The summed E-state index contributed by atoms with van der Waals surface area (Å²) in [6.45, 7) is 1.70. The Morgan fingerprint density at radius 1 is 1.16 bits per heavy atom. The van der Waals surface area contributed by atoms with Gasteiger partial charge in [-0.25, -0.2) is 9.97 Å². The van der Waals surface area contributed by atoms with Gasteiger partial charge in [-0.15, -0.1) is 0 Å². The van der Waals surface area contributed by atoms with Gasteiger partial charge in [-0.1, -0.05) is 6.07 Å². The fourth-order valence-corrected chi connectivity index (χ4v) is 1.63. The summed E-state index contributed by atoms with van der Waals surface area (Å²) in [6.07, 6.45) is -1.71. The third kappa shape index (κ3) is 2.71. The van der Waals surface area contributed by atoms with Gasteiger partial charge < -0.3 is 0 Å². The molecule has 2 aromatic rings. The topological polar surface area (TPSA) is 49.6 Å². The Kier molecular flexibility index (Phi) is 3.21. The van der Waals surface area contributed by atoms with Crippen LogP contribution in [-0.2, 0) is 6.18 Å². The van der Waals surface area contributed by atoms with E-state index in [-0.39, 0.29) is 5.82 Å². The van der Waals surface area contributed by atoms with Gasteiger partial charge in [0.2, 0.25) is 5.82 Å². The fourth-order valence-electron chi connectivity index (χ4n) is 1.63. The lowest BCUT2D eigenvalue weighted by atomic mass is 10.00. The number of benzene rings is 1. The van der Waals surface area contributed by atoms with Crippen LogP contribution >= 0.6 is 0 Å². The standard InChI is InChI=1S/C13H8F3N3/c1-8-2-3-10(13(14,15)16)4-11(8)9-6-18-12(5-17)19-7-9/h2-4,6-7H,1H3. The molecule has 0 saturated heterocycles. The smallest absolute Gasteiger partial charge is 0.227 e. The van der Waals surface area contributed by atoms with E-state index in [9.17, 15) is 13.2 Å². The predicted octanol–water partition coefficient (Wildman–Crippen LogP) is 3.34. The summed E-state index contributed by atoms with van der Waals surface area (Å²) in [5.41, 5.74) is 0.806. The molecule has 19 heavy (non-hydrogen) atoms. The van der Waals surface area contributed by atoms with Gasteiger partial charge in [0.25, 0.3) is 0 Å². The number of hydrogen-bond donors (Lipinski definition) is 0. The van der Waals surface area contributed by atoms with Crippen molar-refractivity contribution in [2.75, 3.05) is 0 Å². The second kappa shape index (κ2) is 4.69. The molecular weight excluding hydrogens is 255 g/mol. The zero-order valence-electron chi connectivity index (χ0n) is 9.86. The largest absolute Gasteiger partial charge is 0.416 e. The van der Waals surface area contributed by atoms with Gasteiger partial charge in [0.15, 0.2) is 0 Å². The first-order valence-electron chi connectivity index (χ1n) is 5.32. The van der Waals surface area contributed by atoms with Gasteiger partial charge in [0.05, 0.1) is 5.56 Å². The number of hydrogen-bond acceptors (Lipinski definition) is 3. The van der Waals surface area contributed by atoms with Gasteiger partial charge >= 0.3 is 6.18 Å². The lowest BCUT2D eigenvalue weighted by Gasteiger charge is -2.11. The molecular formula is C13H8F3N3. The van der Waals surface area contributed by atoms with Crippen LogP contribution < -0.4 is 0 Å². The molecule has 0 fully saturated rings. The van der Waals surface area contributed by atoms with Crippen LogP contribution in [0.3, 0.4) is 0 Å². The van der Waals surface area contributed by atoms with Crippen LogP contribution in [0.1, 0.15) is 17.0 Å². The predicted molar refractivity (Wildman–Crippen MR) is 61.9 cm³/mol. The molecule has 0 aliphatic rings. The van der Waals surface area contributed by atoms with Crippen molar-refractivity contribution in [3.8, 4) is 17.2 Å². The van der Waals surface area contributed by atoms with Gasteiger partial charge in [0, 0.05) is 18.0 Å². The Morgan fingerprint density at radius 2 is 1.79 bits per heavy atom. The van der Waals surface area contributed by atoms with E-state index in [0.717, 1.165) is 12.1 Å². The zero-order valence-corrected chi connectivity index (χ0v) is 9.86. The minimum Gasteiger partial charge on any atom is -0.227 e. The van der Waals surface area contributed by atoms with Crippen molar-refractivity contribution in [1.82, 2.24) is 9.97 Å². The van der Waals surface area contributed by atoms with Crippen LogP contribution in [0.25, 0.3) is 11.1 Å². The Morgan fingerprint density at radius 3 is 2.32 bits per heavy atom. The van der Waals surface area contributed by atoms with Gasteiger partial charge in [0.1, 0.15) is 6.07 Å². The first-order chi connectivity index (χ1) is 8.91. The van der Waals surface area contributed by atoms with Crippen molar-refractivity contribution in [3.63, 3.8) is 0 Å². The highest BCUT2D eigenvalue weighted by molar-refractivity contribution is 5.66. The number of nitrogens with zero attached hydrogens (tertiary/aromatic N) is 3. The molecule has 96 valence electrons. The molecule has 0 amide bonds. The lowest BCUT2D eigenvalue weighted by Crippen LogP contribution is -2.05. The molecule has 0 spiro atoms. The van der Waals surface area contributed by atoms with Crippen molar-refractivity contribution in [2.45, 2.75) is 13.1 Å². The van der Waals surface area contributed by atoms with E-state index in [4.69, 9.17) is 5.26 Å². The van der Waals surface area contributed by atoms with E-state index >= 15 is 0 Å².